The molecule has 0 aliphatic carbocycles. The predicted molar refractivity (Wildman–Crippen MR) is 103 cm³/mol. The number of hydrogen-bond donors (Lipinski definition) is 2. The van der Waals surface area contributed by atoms with Crippen LogP contribution in [0.3, 0.4) is 0 Å². The first-order chi connectivity index (χ1) is 12.6. The van der Waals surface area contributed by atoms with Crippen molar-refractivity contribution in [2.24, 2.45) is 0 Å². The van der Waals surface area contributed by atoms with Gasteiger partial charge in [0, 0.05) is 17.8 Å². The molecule has 2 N–H and O–H groups in total. The van der Waals surface area contributed by atoms with Crippen LogP contribution in [0.5, 0.6) is 5.75 Å². The smallest absolute Gasteiger partial charge is 0.262 e. The highest BCUT2D eigenvalue weighted by Crippen LogP contribution is 2.26. The van der Waals surface area contributed by atoms with E-state index in [-0.39, 0.29) is 18.4 Å². The number of aryl methyl sites for hydroxylation is 2. The van der Waals surface area contributed by atoms with Crippen LogP contribution in [-0.4, -0.2) is 18.4 Å². The van der Waals surface area contributed by atoms with E-state index in [9.17, 15) is 9.59 Å². The van der Waals surface area contributed by atoms with Gasteiger partial charge in [0.2, 0.25) is 5.91 Å². The normalized spacial score (nSPS) is 12.9. The molecule has 0 saturated heterocycles. The Bertz CT molecular complexity index is 784. The molecule has 0 atom stereocenters. The number of unbranched alkanes of at least 4 members (excludes halogenated alkanes) is 1. The number of nitrogens with one attached hydrogen (secondary N) is 2. The average molecular weight is 352 g/mol. The maximum absolute atomic E-state index is 12.1. The minimum atomic E-state index is -0.197. The monoisotopic (exact) mass is 352 g/mol. The molecule has 0 aromatic heterocycles. The lowest BCUT2D eigenvalue weighted by molar-refractivity contribution is -0.118. The van der Waals surface area contributed by atoms with Gasteiger partial charge in [0.25, 0.3) is 5.91 Å². The summed E-state index contributed by atoms with van der Waals surface area (Å²) >= 11 is 0. The van der Waals surface area contributed by atoms with Crippen molar-refractivity contribution < 1.29 is 14.3 Å². The van der Waals surface area contributed by atoms with Crippen LogP contribution in [0.2, 0.25) is 0 Å². The summed E-state index contributed by atoms with van der Waals surface area (Å²) in [5.41, 5.74) is 3.90. The van der Waals surface area contributed by atoms with Gasteiger partial charge in [-0.05, 0) is 60.7 Å². The SMILES string of the molecule is CCCCc1ccc(NC(=O)COc2ccc3c(c2)CCC(=O)N3)cc1. The third-order valence-corrected chi connectivity index (χ3v) is 4.40. The Morgan fingerprint density at radius 2 is 1.96 bits per heavy atom. The van der Waals surface area contributed by atoms with Gasteiger partial charge in [-0.2, -0.15) is 0 Å². The van der Waals surface area contributed by atoms with E-state index in [2.05, 4.69) is 17.6 Å². The molecule has 2 amide bonds. The summed E-state index contributed by atoms with van der Waals surface area (Å²) in [5.74, 6) is 0.466. The van der Waals surface area contributed by atoms with Crippen LogP contribution in [0.25, 0.3) is 0 Å². The van der Waals surface area contributed by atoms with Gasteiger partial charge in [0.15, 0.2) is 6.61 Å². The van der Waals surface area contributed by atoms with Crippen LogP contribution >= 0.6 is 0 Å². The summed E-state index contributed by atoms with van der Waals surface area (Å²) in [6.07, 6.45) is 4.57. The van der Waals surface area contributed by atoms with E-state index < -0.39 is 0 Å². The molecule has 136 valence electrons. The zero-order valence-electron chi connectivity index (χ0n) is 15.0. The van der Waals surface area contributed by atoms with Crippen molar-refractivity contribution in [3.05, 3.63) is 53.6 Å². The second-order valence-corrected chi connectivity index (χ2v) is 6.50. The average Bonchev–Trinajstić information content (AvgIpc) is 2.66. The summed E-state index contributed by atoms with van der Waals surface area (Å²) in [7, 11) is 0. The quantitative estimate of drug-likeness (QED) is 0.793. The largest absolute Gasteiger partial charge is 0.484 e. The van der Waals surface area contributed by atoms with Crippen LogP contribution < -0.4 is 15.4 Å². The number of benzene rings is 2. The molecule has 0 radical (unpaired) electrons. The van der Waals surface area contributed by atoms with Gasteiger partial charge in [0.1, 0.15) is 5.75 Å². The van der Waals surface area contributed by atoms with E-state index in [0.29, 0.717) is 18.6 Å². The lowest BCUT2D eigenvalue weighted by atomic mass is 10.0. The van der Waals surface area contributed by atoms with E-state index in [0.717, 1.165) is 23.4 Å². The number of carbonyl (C=O) groups is 2. The molecule has 2 aromatic rings. The number of anilines is 2. The second-order valence-electron chi connectivity index (χ2n) is 6.50. The standard InChI is InChI=1S/C21H24N2O3/c1-2-3-4-15-5-8-17(9-6-15)22-21(25)14-26-18-10-11-19-16(13-18)7-12-20(24)23-19/h5-6,8-11,13H,2-4,7,12,14H2,1H3,(H,22,25)(H,23,24). The molecule has 1 aliphatic heterocycles. The molecule has 1 aliphatic rings. The first kappa shape index (κ1) is 18.0. The van der Waals surface area contributed by atoms with Crippen molar-refractivity contribution in [1.82, 2.24) is 0 Å². The van der Waals surface area contributed by atoms with Crippen molar-refractivity contribution in [1.29, 1.82) is 0 Å². The van der Waals surface area contributed by atoms with Crippen molar-refractivity contribution in [3.8, 4) is 5.75 Å². The summed E-state index contributed by atoms with van der Waals surface area (Å²) < 4.78 is 5.59. The highest BCUT2D eigenvalue weighted by atomic mass is 16.5. The molecule has 0 bridgehead atoms. The first-order valence-electron chi connectivity index (χ1n) is 9.08. The Morgan fingerprint density at radius 1 is 1.15 bits per heavy atom. The van der Waals surface area contributed by atoms with E-state index in [4.69, 9.17) is 4.74 Å². The van der Waals surface area contributed by atoms with Crippen LogP contribution in [0.1, 0.15) is 37.3 Å². The highest BCUT2D eigenvalue weighted by molar-refractivity contribution is 5.94. The maximum atomic E-state index is 12.1. The summed E-state index contributed by atoms with van der Waals surface area (Å²) in [6.45, 7) is 2.12. The molecule has 5 nitrogen and oxygen atoms in total. The van der Waals surface area contributed by atoms with Crippen molar-refractivity contribution >= 4 is 23.2 Å². The summed E-state index contributed by atoms with van der Waals surface area (Å²) in [4.78, 5) is 23.5. The number of fused-ring (bicyclic) bond motifs is 1. The number of hydrogen-bond acceptors (Lipinski definition) is 3. The molecule has 5 heteroatoms. The Kier molecular flexibility index (Phi) is 5.89. The Hall–Kier alpha value is -2.82. The van der Waals surface area contributed by atoms with Gasteiger partial charge < -0.3 is 15.4 Å². The van der Waals surface area contributed by atoms with Gasteiger partial charge in [-0.25, -0.2) is 0 Å². The number of rotatable bonds is 7. The molecule has 1 heterocycles. The number of ether oxygens (including phenoxy) is 1. The minimum Gasteiger partial charge on any atom is -0.484 e. The Balaban J connectivity index is 1.50. The molecule has 0 fully saturated rings. The minimum absolute atomic E-state index is 0.0336. The first-order valence-corrected chi connectivity index (χ1v) is 9.08. The van der Waals surface area contributed by atoms with Gasteiger partial charge in [-0.15, -0.1) is 0 Å². The lowest BCUT2D eigenvalue weighted by Crippen LogP contribution is -2.21. The van der Waals surface area contributed by atoms with Crippen molar-refractivity contribution in [3.63, 3.8) is 0 Å². The molecule has 3 rings (SSSR count). The summed E-state index contributed by atoms with van der Waals surface area (Å²) in [6, 6.07) is 13.4. The Morgan fingerprint density at radius 3 is 2.73 bits per heavy atom. The van der Waals surface area contributed by atoms with Crippen LogP contribution in [0, 0.1) is 0 Å². The topological polar surface area (TPSA) is 67.4 Å². The van der Waals surface area contributed by atoms with Crippen LogP contribution in [-0.2, 0) is 22.4 Å². The molecular weight excluding hydrogens is 328 g/mol. The third-order valence-electron chi connectivity index (χ3n) is 4.40. The number of amides is 2. The van der Waals surface area contributed by atoms with Crippen molar-refractivity contribution in [2.75, 3.05) is 17.2 Å². The van der Waals surface area contributed by atoms with E-state index >= 15 is 0 Å². The van der Waals surface area contributed by atoms with E-state index in [1.54, 1.807) is 6.07 Å². The van der Waals surface area contributed by atoms with Crippen LogP contribution in [0.15, 0.2) is 42.5 Å². The van der Waals surface area contributed by atoms with Gasteiger partial charge in [0.05, 0.1) is 0 Å². The fourth-order valence-corrected chi connectivity index (χ4v) is 2.93. The fraction of sp³-hybridized carbons (Fsp3) is 0.333. The highest BCUT2D eigenvalue weighted by Gasteiger charge is 2.15. The predicted octanol–water partition coefficient (Wildman–Crippen LogP) is 3.93. The van der Waals surface area contributed by atoms with Gasteiger partial charge in [-0.3, -0.25) is 9.59 Å². The van der Waals surface area contributed by atoms with Gasteiger partial charge >= 0.3 is 0 Å². The Labute approximate surface area is 153 Å². The molecule has 0 spiro atoms. The lowest BCUT2D eigenvalue weighted by Gasteiger charge is -2.17. The van der Waals surface area contributed by atoms with Gasteiger partial charge in [-0.1, -0.05) is 25.5 Å². The zero-order valence-corrected chi connectivity index (χ0v) is 15.0. The van der Waals surface area contributed by atoms with Crippen LogP contribution in [0.4, 0.5) is 11.4 Å². The van der Waals surface area contributed by atoms with Crippen molar-refractivity contribution in [2.45, 2.75) is 39.0 Å². The summed E-state index contributed by atoms with van der Waals surface area (Å²) in [5, 5.41) is 5.67. The number of carbonyl (C=O) groups excluding carboxylic acids is 2. The fourth-order valence-electron chi connectivity index (χ4n) is 2.93. The maximum Gasteiger partial charge on any atom is 0.262 e. The molecule has 26 heavy (non-hydrogen) atoms. The molecular formula is C21H24N2O3. The second kappa shape index (κ2) is 8.52. The molecule has 0 unspecified atom stereocenters. The molecule has 0 saturated carbocycles. The van der Waals surface area contributed by atoms with E-state index in [1.165, 1.54) is 18.4 Å². The zero-order chi connectivity index (χ0) is 18.4. The van der Waals surface area contributed by atoms with E-state index in [1.807, 2.05) is 36.4 Å². The molecule has 2 aromatic carbocycles. The third kappa shape index (κ3) is 4.85.